The van der Waals surface area contributed by atoms with Crippen LogP contribution in [0.3, 0.4) is 0 Å². The minimum absolute atomic E-state index is 0.272. The number of likely N-dealkylation sites (N-methyl/N-ethyl adjacent to an activating group) is 1. The van der Waals surface area contributed by atoms with Crippen molar-refractivity contribution in [2.45, 2.75) is 25.2 Å². The predicted octanol–water partition coefficient (Wildman–Crippen LogP) is 5.83. The zero-order valence-corrected chi connectivity index (χ0v) is 19.0. The zero-order chi connectivity index (χ0) is 22.4. The van der Waals surface area contributed by atoms with Crippen LogP contribution in [0.4, 0.5) is 4.39 Å². The predicted molar refractivity (Wildman–Crippen MR) is 128 cm³/mol. The van der Waals surface area contributed by atoms with E-state index in [-0.39, 0.29) is 5.82 Å². The quantitative estimate of drug-likeness (QED) is 0.211. The summed E-state index contributed by atoms with van der Waals surface area (Å²) in [4.78, 5) is 7.60. The third kappa shape index (κ3) is 5.49. The van der Waals surface area contributed by atoms with Crippen molar-refractivity contribution in [3.05, 3.63) is 90.3 Å². The summed E-state index contributed by atoms with van der Waals surface area (Å²) in [5, 5.41) is 8.81. The Morgan fingerprint density at radius 2 is 2.10 bits per heavy atom. The molecule has 0 spiro atoms. The van der Waals surface area contributed by atoms with Gasteiger partial charge in [0, 0.05) is 30.9 Å². The van der Waals surface area contributed by atoms with Crippen LogP contribution in [0.25, 0.3) is 11.2 Å². The summed E-state index contributed by atoms with van der Waals surface area (Å²) >= 11 is 1.56. The van der Waals surface area contributed by atoms with E-state index in [0.29, 0.717) is 0 Å². The van der Waals surface area contributed by atoms with Gasteiger partial charge in [-0.1, -0.05) is 43.5 Å². The summed E-state index contributed by atoms with van der Waals surface area (Å²) in [7, 11) is 3.78. The Balaban J connectivity index is 1.84. The van der Waals surface area contributed by atoms with Gasteiger partial charge in [-0.3, -0.25) is 9.39 Å². The molecule has 0 amide bonds. The lowest BCUT2D eigenvalue weighted by atomic mass is 10.1. The fourth-order valence-corrected chi connectivity index (χ4v) is 3.87. The number of benzene rings is 1. The van der Waals surface area contributed by atoms with Crippen LogP contribution in [-0.2, 0) is 0 Å². The van der Waals surface area contributed by atoms with Crippen LogP contribution in [0.5, 0.6) is 0 Å². The molecule has 0 aliphatic rings. The van der Waals surface area contributed by atoms with Gasteiger partial charge in [0.05, 0.1) is 0 Å². The Hall–Kier alpha value is -3.19. The molecule has 1 aromatic carbocycles. The highest BCUT2D eigenvalue weighted by molar-refractivity contribution is 8.13. The Bertz CT molecular complexity index is 1180. The summed E-state index contributed by atoms with van der Waals surface area (Å²) in [5.74, 6) is -0.272. The maximum Gasteiger partial charge on any atom is 0.168 e. The highest BCUT2D eigenvalue weighted by Gasteiger charge is 2.14. The van der Waals surface area contributed by atoms with Crippen LogP contribution in [0.1, 0.15) is 25.8 Å². The number of allylic oxidation sites excluding steroid dienone is 4. The Labute approximate surface area is 186 Å². The lowest BCUT2D eigenvalue weighted by Crippen LogP contribution is -2.23. The largest absolute Gasteiger partial charge is 0.324 e. The van der Waals surface area contributed by atoms with Crippen LogP contribution in [0.2, 0.25) is 0 Å². The van der Waals surface area contributed by atoms with E-state index in [1.807, 2.05) is 48.0 Å². The van der Waals surface area contributed by atoms with E-state index >= 15 is 0 Å². The summed E-state index contributed by atoms with van der Waals surface area (Å²) in [6, 6.07) is 10.4. The molecule has 0 fully saturated rings. The van der Waals surface area contributed by atoms with Crippen molar-refractivity contribution >= 4 is 28.1 Å². The molecule has 31 heavy (non-hydrogen) atoms. The molecule has 0 atom stereocenters. The van der Waals surface area contributed by atoms with Gasteiger partial charge in [-0.15, -0.1) is 10.2 Å². The molecule has 0 N–H and O–H groups in total. The number of amidine groups is 1. The van der Waals surface area contributed by atoms with E-state index in [1.165, 1.54) is 17.7 Å². The van der Waals surface area contributed by atoms with Crippen molar-refractivity contribution in [2.24, 2.45) is 4.99 Å². The van der Waals surface area contributed by atoms with E-state index in [1.54, 1.807) is 31.2 Å². The van der Waals surface area contributed by atoms with Crippen molar-refractivity contribution in [3.8, 4) is 0 Å². The summed E-state index contributed by atoms with van der Waals surface area (Å²) in [6.07, 6.45) is 8.49. The molecule has 0 unspecified atom stereocenters. The first-order valence-corrected chi connectivity index (χ1v) is 10.7. The van der Waals surface area contributed by atoms with Crippen LogP contribution in [0, 0.1) is 5.82 Å². The van der Waals surface area contributed by atoms with Crippen molar-refractivity contribution < 1.29 is 4.39 Å². The van der Waals surface area contributed by atoms with Crippen molar-refractivity contribution in [2.75, 3.05) is 14.1 Å². The normalized spacial score (nSPS) is 13.0. The maximum absolute atomic E-state index is 13.6. The van der Waals surface area contributed by atoms with Crippen LogP contribution < -0.4 is 0 Å². The Morgan fingerprint density at radius 1 is 1.29 bits per heavy atom. The summed E-state index contributed by atoms with van der Waals surface area (Å²) in [6.45, 7) is 8.31. The number of fused-ring (bicyclic) bond motifs is 1. The van der Waals surface area contributed by atoms with Gasteiger partial charge in [-0.25, -0.2) is 4.39 Å². The number of rotatable bonds is 6. The zero-order valence-electron chi connectivity index (χ0n) is 18.2. The molecule has 2 aromatic heterocycles. The third-order valence-electron chi connectivity index (χ3n) is 4.92. The van der Waals surface area contributed by atoms with Crippen molar-refractivity contribution in [1.29, 1.82) is 0 Å². The molecule has 0 radical (unpaired) electrons. The maximum atomic E-state index is 13.6. The van der Waals surface area contributed by atoms with E-state index in [0.717, 1.165) is 39.0 Å². The molecule has 0 saturated carbocycles. The number of pyridine rings is 1. The van der Waals surface area contributed by atoms with Gasteiger partial charge in [0.25, 0.3) is 0 Å². The molecule has 0 saturated heterocycles. The second-order valence-electron chi connectivity index (χ2n) is 7.02. The van der Waals surface area contributed by atoms with Gasteiger partial charge in [0.1, 0.15) is 12.1 Å². The molecule has 3 rings (SSSR count). The van der Waals surface area contributed by atoms with Crippen LogP contribution in [0.15, 0.2) is 88.8 Å². The van der Waals surface area contributed by atoms with Gasteiger partial charge < -0.3 is 4.90 Å². The minimum atomic E-state index is -0.272. The van der Waals surface area contributed by atoms with E-state index < -0.39 is 0 Å². The summed E-state index contributed by atoms with van der Waals surface area (Å²) < 4.78 is 15.4. The third-order valence-corrected chi connectivity index (χ3v) is 6.03. The average Bonchev–Trinajstić information content (AvgIpc) is 3.24. The number of thioether (sulfide) groups is 1. The van der Waals surface area contributed by atoms with Gasteiger partial charge in [-0.05, 0) is 60.4 Å². The number of aliphatic imine (C=N–C) groups is 1. The van der Waals surface area contributed by atoms with Crippen LogP contribution >= 0.6 is 11.8 Å². The summed E-state index contributed by atoms with van der Waals surface area (Å²) in [5.41, 5.74) is 4.54. The SMILES string of the molecule is C=C(/C=C\C(=C(\C)CC)N(C)C(=NC)Sc1ccc2nncn2c1)c1cccc(F)c1. The van der Waals surface area contributed by atoms with Crippen LogP contribution in [-0.4, -0.2) is 38.8 Å². The molecular weight excluding hydrogens is 409 g/mol. The Morgan fingerprint density at radius 3 is 2.81 bits per heavy atom. The first kappa shape index (κ1) is 22.5. The molecule has 0 aliphatic carbocycles. The molecule has 2 heterocycles. The van der Waals surface area contributed by atoms with Gasteiger partial charge in [0.2, 0.25) is 0 Å². The number of hydrogen-bond donors (Lipinski definition) is 0. The fraction of sp³-hybridized carbons (Fsp3) is 0.208. The second kappa shape index (κ2) is 10.2. The number of nitrogens with zero attached hydrogens (tertiary/aromatic N) is 5. The molecule has 7 heteroatoms. The smallest absolute Gasteiger partial charge is 0.168 e. The van der Waals surface area contributed by atoms with E-state index in [4.69, 9.17) is 0 Å². The first-order valence-electron chi connectivity index (χ1n) is 9.93. The monoisotopic (exact) mass is 435 g/mol. The molecule has 0 aliphatic heterocycles. The first-order chi connectivity index (χ1) is 14.9. The molecule has 3 aromatic rings. The van der Waals surface area contributed by atoms with Crippen molar-refractivity contribution in [3.63, 3.8) is 0 Å². The lowest BCUT2D eigenvalue weighted by molar-refractivity contribution is 0.627. The number of hydrogen-bond acceptors (Lipinski definition) is 4. The lowest BCUT2D eigenvalue weighted by Gasteiger charge is -2.24. The Kier molecular flexibility index (Phi) is 7.41. The van der Waals surface area contributed by atoms with Gasteiger partial charge >= 0.3 is 0 Å². The number of aromatic nitrogens is 3. The van der Waals surface area contributed by atoms with E-state index in [9.17, 15) is 4.39 Å². The van der Waals surface area contributed by atoms with Crippen molar-refractivity contribution in [1.82, 2.24) is 19.5 Å². The molecule has 0 bridgehead atoms. The minimum Gasteiger partial charge on any atom is -0.324 e. The highest BCUT2D eigenvalue weighted by atomic mass is 32.2. The second-order valence-corrected chi connectivity index (χ2v) is 8.06. The van der Waals surface area contributed by atoms with Gasteiger partial charge in [-0.2, -0.15) is 0 Å². The number of halogens is 1. The molecule has 160 valence electrons. The van der Waals surface area contributed by atoms with E-state index in [2.05, 4.69) is 40.5 Å². The average molecular weight is 436 g/mol. The topological polar surface area (TPSA) is 45.8 Å². The molecule has 5 nitrogen and oxygen atoms in total. The molecular formula is C24H26FN5S. The fourth-order valence-electron chi connectivity index (χ4n) is 3.03. The van der Waals surface area contributed by atoms with Gasteiger partial charge in [0.15, 0.2) is 10.8 Å². The standard InChI is InChI=1S/C24H26FN5S/c1-6-17(2)22(12-10-18(3)19-8-7-9-20(25)14-19)29(5)24(26-4)31-21-11-13-23-28-27-16-30(23)15-21/h7-16H,3,6H2,1-2,4-5H3/b12-10-,22-17+,26-24?. The highest BCUT2D eigenvalue weighted by Crippen LogP contribution is 2.26.